The molecule has 1 aromatic heterocycles. The van der Waals surface area contributed by atoms with Crippen LogP contribution in [-0.4, -0.2) is 21.3 Å². The van der Waals surface area contributed by atoms with Crippen molar-refractivity contribution >= 4 is 0 Å². The Morgan fingerprint density at radius 2 is 2.10 bits per heavy atom. The molecule has 0 radical (unpaired) electrons. The van der Waals surface area contributed by atoms with Crippen LogP contribution in [0.15, 0.2) is 24.5 Å². The highest BCUT2D eigenvalue weighted by molar-refractivity contribution is 5.33. The van der Waals surface area contributed by atoms with Crippen LogP contribution in [0.5, 0.6) is 0 Å². The predicted molar refractivity (Wildman–Crippen MR) is 81.7 cm³/mol. The molecule has 2 rings (SSSR count). The van der Waals surface area contributed by atoms with Gasteiger partial charge in [0.1, 0.15) is 12.2 Å². The van der Waals surface area contributed by atoms with E-state index in [1.807, 2.05) is 11.7 Å². The van der Waals surface area contributed by atoms with Gasteiger partial charge in [-0.15, -0.1) is 0 Å². The minimum absolute atomic E-state index is 0.290. The molecule has 1 unspecified atom stereocenters. The number of aromatic nitrogens is 3. The maximum Gasteiger partial charge on any atom is 0.138 e. The zero-order chi connectivity index (χ0) is 14.5. The fraction of sp³-hybridized carbons (Fsp3) is 0.500. The van der Waals surface area contributed by atoms with Crippen molar-refractivity contribution < 1.29 is 0 Å². The van der Waals surface area contributed by atoms with E-state index in [1.54, 1.807) is 6.33 Å². The Balaban J connectivity index is 2.24. The van der Waals surface area contributed by atoms with Crippen molar-refractivity contribution in [3.63, 3.8) is 0 Å². The smallest absolute Gasteiger partial charge is 0.138 e. The fourth-order valence-corrected chi connectivity index (χ4v) is 2.51. The first-order chi connectivity index (χ1) is 9.61. The summed E-state index contributed by atoms with van der Waals surface area (Å²) in [6.45, 7) is 7.51. The van der Waals surface area contributed by atoms with Gasteiger partial charge in [0.2, 0.25) is 0 Å². The molecular weight excluding hydrogens is 248 g/mol. The quantitative estimate of drug-likeness (QED) is 0.879. The summed E-state index contributed by atoms with van der Waals surface area (Å²) in [5.74, 6) is 1.01. The van der Waals surface area contributed by atoms with Gasteiger partial charge in [-0.25, -0.2) is 4.98 Å². The van der Waals surface area contributed by atoms with Crippen LogP contribution >= 0.6 is 0 Å². The number of hydrogen-bond donors (Lipinski definition) is 1. The lowest BCUT2D eigenvalue weighted by atomic mass is 9.96. The molecule has 0 aliphatic heterocycles. The molecule has 0 saturated carbocycles. The van der Waals surface area contributed by atoms with Gasteiger partial charge >= 0.3 is 0 Å². The number of nitrogens with one attached hydrogen (secondary N) is 1. The zero-order valence-electron chi connectivity index (χ0n) is 12.8. The number of rotatable bonds is 6. The van der Waals surface area contributed by atoms with Crippen molar-refractivity contribution in [1.29, 1.82) is 0 Å². The first-order valence-electron chi connectivity index (χ1n) is 7.25. The molecule has 0 amide bonds. The van der Waals surface area contributed by atoms with Gasteiger partial charge in [-0.05, 0) is 37.9 Å². The normalized spacial score (nSPS) is 12.6. The van der Waals surface area contributed by atoms with E-state index in [1.165, 1.54) is 16.7 Å². The molecule has 1 aromatic carbocycles. The monoisotopic (exact) mass is 272 g/mol. The molecule has 0 saturated heterocycles. The third-order valence-corrected chi connectivity index (χ3v) is 3.63. The summed E-state index contributed by atoms with van der Waals surface area (Å²) in [5.41, 5.74) is 3.99. The molecule has 0 bridgehead atoms. The van der Waals surface area contributed by atoms with Gasteiger partial charge < -0.3 is 5.32 Å². The standard InChI is InChI=1S/C16H24N4/c1-5-8-17-15(10-16-18-11-19-20(16)4)14-7-6-12(2)9-13(14)3/h6-7,9,11,15,17H,5,8,10H2,1-4H3. The Morgan fingerprint density at radius 1 is 1.30 bits per heavy atom. The Kier molecular flexibility index (Phi) is 4.90. The van der Waals surface area contributed by atoms with Gasteiger partial charge in [0.15, 0.2) is 0 Å². The molecule has 4 nitrogen and oxygen atoms in total. The first kappa shape index (κ1) is 14.7. The van der Waals surface area contributed by atoms with E-state index < -0.39 is 0 Å². The van der Waals surface area contributed by atoms with E-state index in [4.69, 9.17) is 0 Å². The second-order valence-corrected chi connectivity index (χ2v) is 5.37. The zero-order valence-corrected chi connectivity index (χ0v) is 12.8. The average molecular weight is 272 g/mol. The fourth-order valence-electron chi connectivity index (χ4n) is 2.51. The van der Waals surface area contributed by atoms with Gasteiger partial charge in [-0.1, -0.05) is 30.7 Å². The summed E-state index contributed by atoms with van der Waals surface area (Å²) in [4.78, 5) is 4.35. The van der Waals surface area contributed by atoms with Crippen molar-refractivity contribution in [3.8, 4) is 0 Å². The number of benzene rings is 1. The molecule has 1 atom stereocenters. The summed E-state index contributed by atoms with van der Waals surface area (Å²) in [6, 6.07) is 6.94. The number of aryl methyl sites for hydroxylation is 3. The summed E-state index contributed by atoms with van der Waals surface area (Å²) < 4.78 is 1.85. The molecule has 1 heterocycles. The van der Waals surface area contributed by atoms with Crippen LogP contribution in [0.1, 0.15) is 41.9 Å². The Labute approximate surface area is 121 Å². The topological polar surface area (TPSA) is 42.7 Å². The van der Waals surface area contributed by atoms with Crippen LogP contribution in [0.3, 0.4) is 0 Å². The lowest BCUT2D eigenvalue weighted by Gasteiger charge is -2.21. The summed E-state index contributed by atoms with van der Waals surface area (Å²) >= 11 is 0. The third kappa shape index (κ3) is 3.45. The maximum absolute atomic E-state index is 4.35. The van der Waals surface area contributed by atoms with Crippen LogP contribution in [0.4, 0.5) is 0 Å². The molecule has 108 valence electrons. The summed E-state index contributed by atoms with van der Waals surface area (Å²) in [5, 5.41) is 7.79. The highest BCUT2D eigenvalue weighted by Gasteiger charge is 2.16. The molecule has 0 fully saturated rings. The Morgan fingerprint density at radius 3 is 2.70 bits per heavy atom. The first-order valence-corrected chi connectivity index (χ1v) is 7.25. The molecule has 0 aliphatic rings. The summed E-state index contributed by atoms with van der Waals surface area (Å²) in [6.07, 6.45) is 3.61. The van der Waals surface area contributed by atoms with E-state index in [2.05, 4.69) is 54.4 Å². The second kappa shape index (κ2) is 6.66. The van der Waals surface area contributed by atoms with Crippen molar-refractivity contribution in [2.24, 2.45) is 7.05 Å². The van der Waals surface area contributed by atoms with Crippen molar-refractivity contribution in [3.05, 3.63) is 47.0 Å². The average Bonchev–Trinajstić information content (AvgIpc) is 2.80. The van der Waals surface area contributed by atoms with Crippen LogP contribution < -0.4 is 5.32 Å². The van der Waals surface area contributed by atoms with E-state index in [-0.39, 0.29) is 0 Å². The van der Waals surface area contributed by atoms with Gasteiger partial charge in [0.25, 0.3) is 0 Å². The minimum atomic E-state index is 0.290. The molecule has 0 spiro atoms. The van der Waals surface area contributed by atoms with Crippen LogP contribution in [0.2, 0.25) is 0 Å². The Bertz CT molecular complexity index is 559. The molecule has 1 N–H and O–H groups in total. The van der Waals surface area contributed by atoms with Gasteiger partial charge in [0.05, 0.1) is 0 Å². The largest absolute Gasteiger partial charge is 0.310 e. The summed E-state index contributed by atoms with van der Waals surface area (Å²) in [7, 11) is 1.95. The lowest BCUT2D eigenvalue weighted by Crippen LogP contribution is -2.26. The highest BCUT2D eigenvalue weighted by atomic mass is 15.3. The van der Waals surface area contributed by atoms with E-state index in [9.17, 15) is 0 Å². The lowest BCUT2D eigenvalue weighted by molar-refractivity contribution is 0.504. The van der Waals surface area contributed by atoms with Gasteiger partial charge in [-0.3, -0.25) is 4.68 Å². The molecule has 2 aromatic rings. The van der Waals surface area contributed by atoms with Crippen molar-refractivity contribution in [1.82, 2.24) is 20.1 Å². The van der Waals surface area contributed by atoms with Gasteiger partial charge in [-0.2, -0.15) is 5.10 Å². The molecular formula is C16H24N4. The Hall–Kier alpha value is -1.68. The van der Waals surface area contributed by atoms with Crippen LogP contribution in [0.25, 0.3) is 0 Å². The van der Waals surface area contributed by atoms with E-state index in [0.717, 1.165) is 25.2 Å². The minimum Gasteiger partial charge on any atom is -0.310 e. The van der Waals surface area contributed by atoms with Crippen LogP contribution in [0, 0.1) is 13.8 Å². The number of hydrogen-bond acceptors (Lipinski definition) is 3. The highest BCUT2D eigenvalue weighted by Crippen LogP contribution is 2.22. The predicted octanol–water partition coefficient (Wildman–Crippen LogP) is 2.72. The molecule has 4 heteroatoms. The van der Waals surface area contributed by atoms with Crippen molar-refractivity contribution in [2.75, 3.05) is 6.54 Å². The van der Waals surface area contributed by atoms with Crippen molar-refractivity contribution in [2.45, 2.75) is 39.7 Å². The molecule has 0 aliphatic carbocycles. The second-order valence-electron chi connectivity index (χ2n) is 5.37. The number of nitrogens with zero attached hydrogens (tertiary/aromatic N) is 3. The third-order valence-electron chi connectivity index (χ3n) is 3.63. The maximum atomic E-state index is 4.35. The SMILES string of the molecule is CCCNC(Cc1ncnn1C)c1ccc(C)cc1C. The molecule has 20 heavy (non-hydrogen) atoms. The van der Waals surface area contributed by atoms with Crippen LogP contribution in [-0.2, 0) is 13.5 Å². The van der Waals surface area contributed by atoms with E-state index in [0.29, 0.717) is 6.04 Å². The van der Waals surface area contributed by atoms with Gasteiger partial charge in [0, 0.05) is 19.5 Å². The van der Waals surface area contributed by atoms with E-state index >= 15 is 0 Å².